The molecular weight excluding hydrogens is 244 g/mol. The minimum atomic E-state index is -0.285. The molecule has 104 valence electrons. The Hall–Kier alpha value is -1.85. The molecule has 0 amide bonds. The maximum Gasteiger partial charge on any atom is 0.332 e. The van der Waals surface area contributed by atoms with Crippen molar-refractivity contribution < 1.29 is 0 Å². The monoisotopic (exact) mass is 264 g/mol. The SMILES string of the molecule is CCCCCCn1c(=O)c2c(ncn2C)n(C)c1=O. The molecule has 2 rings (SSSR count). The average Bonchev–Trinajstić information content (AvgIpc) is 2.77. The van der Waals surface area contributed by atoms with Crippen molar-refractivity contribution in [2.24, 2.45) is 14.1 Å². The molecule has 0 saturated carbocycles. The molecule has 0 unspecified atom stereocenters. The number of hydrogen-bond donors (Lipinski definition) is 0. The first kappa shape index (κ1) is 13.6. The van der Waals surface area contributed by atoms with Gasteiger partial charge in [0.1, 0.15) is 0 Å². The molecule has 0 aliphatic rings. The first-order valence-electron chi connectivity index (χ1n) is 6.68. The smallest absolute Gasteiger partial charge is 0.328 e. The third kappa shape index (κ3) is 2.34. The molecule has 2 heterocycles. The molecule has 0 radical (unpaired) electrons. The lowest BCUT2D eigenvalue weighted by molar-refractivity contribution is 0.539. The van der Waals surface area contributed by atoms with Crippen LogP contribution in [-0.4, -0.2) is 18.7 Å². The van der Waals surface area contributed by atoms with Crippen LogP contribution in [0.2, 0.25) is 0 Å². The lowest BCUT2D eigenvalue weighted by Crippen LogP contribution is -2.39. The highest BCUT2D eigenvalue weighted by molar-refractivity contribution is 5.69. The van der Waals surface area contributed by atoms with Gasteiger partial charge in [0.15, 0.2) is 11.2 Å². The van der Waals surface area contributed by atoms with Gasteiger partial charge < -0.3 is 4.57 Å². The van der Waals surface area contributed by atoms with Gasteiger partial charge in [-0.2, -0.15) is 0 Å². The molecule has 0 aliphatic carbocycles. The Balaban J connectivity index is 2.46. The molecule has 0 saturated heterocycles. The average molecular weight is 264 g/mol. The van der Waals surface area contributed by atoms with Gasteiger partial charge in [0.25, 0.3) is 5.56 Å². The van der Waals surface area contributed by atoms with Gasteiger partial charge >= 0.3 is 5.69 Å². The zero-order chi connectivity index (χ0) is 14.0. The van der Waals surface area contributed by atoms with E-state index in [4.69, 9.17) is 0 Å². The van der Waals surface area contributed by atoms with E-state index >= 15 is 0 Å². The Kier molecular flexibility index (Phi) is 3.87. The number of hydrogen-bond acceptors (Lipinski definition) is 3. The van der Waals surface area contributed by atoms with Crippen LogP contribution in [0.25, 0.3) is 11.2 Å². The van der Waals surface area contributed by atoms with Crippen molar-refractivity contribution in [1.29, 1.82) is 0 Å². The Morgan fingerprint density at radius 2 is 1.89 bits per heavy atom. The fourth-order valence-electron chi connectivity index (χ4n) is 2.29. The molecule has 6 heteroatoms. The highest BCUT2D eigenvalue weighted by Crippen LogP contribution is 2.04. The largest absolute Gasteiger partial charge is 0.332 e. The molecule has 0 fully saturated rings. The number of fused-ring (bicyclic) bond motifs is 1. The van der Waals surface area contributed by atoms with E-state index in [1.807, 2.05) is 0 Å². The van der Waals surface area contributed by atoms with Crippen LogP contribution in [0.1, 0.15) is 32.6 Å². The van der Waals surface area contributed by atoms with Gasteiger partial charge in [0.05, 0.1) is 6.33 Å². The van der Waals surface area contributed by atoms with Gasteiger partial charge in [-0.05, 0) is 6.42 Å². The zero-order valence-electron chi connectivity index (χ0n) is 11.7. The summed E-state index contributed by atoms with van der Waals surface area (Å²) in [6.45, 7) is 2.61. The van der Waals surface area contributed by atoms with E-state index < -0.39 is 0 Å². The van der Waals surface area contributed by atoms with Crippen LogP contribution in [0.3, 0.4) is 0 Å². The molecule has 6 nitrogen and oxygen atoms in total. The van der Waals surface area contributed by atoms with Crippen LogP contribution >= 0.6 is 0 Å². The van der Waals surface area contributed by atoms with Crippen molar-refractivity contribution in [3.63, 3.8) is 0 Å². The molecular formula is C13H20N4O2. The summed E-state index contributed by atoms with van der Waals surface area (Å²) < 4.78 is 4.43. The van der Waals surface area contributed by atoms with Crippen LogP contribution in [0.5, 0.6) is 0 Å². The van der Waals surface area contributed by atoms with Gasteiger partial charge in [-0.3, -0.25) is 13.9 Å². The first-order chi connectivity index (χ1) is 9.07. The van der Waals surface area contributed by atoms with Crippen molar-refractivity contribution in [2.75, 3.05) is 0 Å². The van der Waals surface area contributed by atoms with Gasteiger partial charge in [-0.1, -0.05) is 26.2 Å². The standard InChI is InChI=1S/C13H20N4O2/c1-4-5-6-7-8-17-12(18)10-11(14-9-15(10)2)16(3)13(17)19/h9H,4-8H2,1-3H3. The summed E-state index contributed by atoms with van der Waals surface area (Å²) in [7, 11) is 3.42. The first-order valence-corrected chi connectivity index (χ1v) is 6.68. The molecule has 2 aromatic rings. The Morgan fingerprint density at radius 1 is 1.16 bits per heavy atom. The molecule has 19 heavy (non-hydrogen) atoms. The quantitative estimate of drug-likeness (QED) is 0.757. The molecule has 0 N–H and O–H groups in total. The number of aromatic nitrogens is 4. The predicted molar refractivity (Wildman–Crippen MR) is 74.4 cm³/mol. The molecule has 0 aromatic carbocycles. The van der Waals surface area contributed by atoms with E-state index in [9.17, 15) is 9.59 Å². The molecule has 0 aliphatic heterocycles. The Labute approximate surface area is 111 Å². The highest BCUT2D eigenvalue weighted by Gasteiger charge is 2.14. The van der Waals surface area contributed by atoms with Crippen LogP contribution in [0.4, 0.5) is 0 Å². The number of rotatable bonds is 5. The fraction of sp³-hybridized carbons (Fsp3) is 0.615. The Morgan fingerprint density at radius 3 is 2.58 bits per heavy atom. The van der Waals surface area contributed by atoms with Crippen LogP contribution in [0.15, 0.2) is 15.9 Å². The van der Waals surface area contributed by atoms with Crippen LogP contribution in [0, 0.1) is 0 Å². The molecule has 0 atom stereocenters. The van der Waals surface area contributed by atoms with Crippen LogP contribution < -0.4 is 11.2 Å². The predicted octanol–water partition coefficient (Wildman–Crippen LogP) is 1.01. The van der Waals surface area contributed by atoms with E-state index in [0.717, 1.165) is 25.7 Å². The van der Waals surface area contributed by atoms with Gasteiger partial charge in [0, 0.05) is 20.6 Å². The summed E-state index contributed by atoms with van der Waals surface area (Å²) in [6.07, 6.45) is 5.71. The molecule has 2 aromatic heterocycles. The number of nitrogens with zero attached hydrogens (tertiary/aromatic N) is 4. The van der Waals surface area contributed by atoms with E-state index in [-0.39, 0.29) is 11.2 Å². The van der Waals surface area contributed by atoms with Crippen LogP contribution in [-0.2, 0) is 20.6 Å². The maximum atomic E-state index is 12.3. The van der Waals surface area contributed by atoms with Crippen molar-refractivity contribution >= 4 is 11.2 Å². The second-order valence-corrected chi connectivity index (χ2v) is 4.89. The minimum absolute atomic E-state index is 0.241. The van der Waals surface area contributed by atoms with E-state index in [0.29, 0.717) is 17.7 Å². The van der Waals surface area contributed by atoms with Gasteiger partial charge in [0.2, 0.25) is 0 Å². The summed E-state index contributed by atoms with van der Waals surface area (Å²) >= 11 is 0. The van der Waals surface area contributed by atoms with E-state index in [2.05, 4.69) is 11.9 Å². The third-order valence-electron chi connectivity index (χ3n) is 3.44. The lowest BCUT2D eigenvalue weighted by Gasteiger charge is -2.08. The van der Waals surface area contributed by atoms with Gasteiger partial charge in [-0.25, -0.2) is 9.78 Å². The number of unbranched alkanes of at least 4 members (excludes halogenated alkanes) is 3. The third-order valence-corrected chi connectivity index (χ3v) is 3.44. The fourth-order valence-corrected chi connectivity index (χ4v) is 2.29. The zero-order valence-corrected chi connectivity index (χ0v) is 11.7. The van der Waals surface area contributed by atoms with Crippen molar-refractivity contribution in [3.05, 3.63) is 27.2 Å². The minimum Gasteiger partial charge on any atom is -0.328 e. The summed E-state index contributed by atoms with van der Waals surface area (Å²) in [6, 6.07) is 0. The summed E-state index contributed by atoms with van der Waals surface area (Å²) in [5.74, 6) is 0. The van der Waals surface area contributed by atoms with E-state index in [1.165, 1.54) is 9.13 Å². The summed E-state index contributed by atoms with van der Waals surface area (Å²) in [5.41, 5.74) is 0.405. The van der Waals surface area contributed by atoms with Crippen molar-refractivity contribution in [1.82, 2.24) is 18.7 Å². The summed E-state index contributed by atoms with van der Waals surface area (Å²) in [5, 5.41) is 0. The maximum absolute atomic E-state index is 12.3. The normalized spacial score (nSPS) is 11.3. The highest BCUT2D eigenvalue weighted by atomic mass is 16.2. The second-order valence-electron chi connectivity index (χ2n) is 4.89. The van der Waals surface area contributed by atoms with Crippen molar-refractivity contribution in [3.8, 4) is 0 Å². The molecule has 0 bridgehead atoms. The van der Waals surface area contributed by atoms with E-state index in [1.54, 1.807) is 25.0 Å². The van der Waals surface area contributed by atoms with Gasteiger partial charge in [-0.15, -0.1) is 0 Å². The summed E-state index contributed by atoms with van der Waals surface area (Å²) in [4.78, 5) is 28.6. The second kappa shape index (κ2) is 5.42. The van der Waals surface area contributed by atoms with Crippen molar-refractivity contribution in [2.45, 2.75) is 39.2 Å². The number of aryl methyl sites for hydroxylation is 2. The molecule has 0 spiro atoms. The Bertz CT molecular complexity index is 693. The lowest BCUT2D eigenvalue weighted by atomic mass is 10.2. The number of imidazole rings is 1. The topological polar surface area (TPSA) is 61.8 Å².